The highest BCUT2D eigenvalue weighted by atomic mass is 16.5. The zero-order valence-electron chi connectivity index (χ0n) is 14.8. The molecule has 0 radical (unpaired) electrons. The van der Waals surface area contributed by atoms with Crippen LogP contribution in [0.25, 0.3) is 5.76 Å². The first kappa shape index (κ1) is 17.4. The van der Waals surface area contributed by atoms with Gasteiger partial charge in [0, 0.05) is 22.3 Å². The van der Waals surface area contributed by atoms with E-state index in [2.05, 4.69) is 16.6 Å². The van der Waals surface area contributed by atoms with Crippen LogP contribution in [0.5, 0.6) is 0 Å². The minimum atomic E-state index is -0.916. The molecule has 4 rings (SSSR count). The van der Waals surface area contributed by atoms with Gasteiger partial charge in [-0.1, -0.05) is 55.1 Å². The maximum absolute atomic E-state index is 10.5. The highest BCUT2D eigenvalue weighted by Gasteiger charge is 2.45. The van der Waals surface area contributed by atoms with Crippen molar-refractivity contribution in [2.75, 3.05) is 0 Å². The molecule has 0 amide bonds. The van der Waals surface area contributed by atoms with Crippen LogP contribution in [0.15, 0.2) is 89.4 Å². The fourth-order valence-corrected chi connectivity index (χ4v) is 3.57. The van der Waals surface area contributed by atoms with Gasteiger partial charge in [0.2, 0.25) is 12.2 Å². The quantitative estimate of drug-likeness (QED) is 0.486. The molecule has 0 spiro atoms. The van der Waals surface area contributed by atoms with Gasteiger partial charge in [-0.3, -0.25) is 0 Å². The van der Waals surface area contributed by atoms with Crippen molar-refractivity contribution in [3.05, 3.63) is 102 Å². The van der Waals surface area contributed by atoms with E-state index in [9.17, 15) is 9.59 Å². The third-order valence-electron chi connectivity index (χ3n) is 4.78. The summed E-state index contributed by atoms with van der Waals surface area (Å²) in [4.78, 5) is 28.4. The van der Waals surface area contributed by atoms with Crippen LogP contribution in [0.3, 0.4) is 0 Å². The van der Waals surface area contributed by atoms with Crippen molar-refractivity contribution < 1.29 is 14.3 Å². The zero-order chi connectivity index (χ0) is 19.6. The van der Waals surface area contributed by atoms with E-state index in [1.807, 2.05) is 48.5 Å². The molecule has 1 aliphatic rings. The number of rotatable bonds is 4. The third kappa shape index (κ3) is 2.68. The van der Waals surface area contributed by atoms with Crippen LogP contribution in [0.1, 0.15) is 22.3 Å². The molecule has 3 aromatic carbocycles. The Balaban J connectivity index is 1.96. The van der Waals surface area contributed by atoms with E-state index >= 15 is 0 Å². The van der Waals surface area contributed by atoms with Gasteiger partial charge in [-0.2, -0.15) is 9.98 Å². The van der Waals surface area contributed by atoms with Gasteiger partial charge in [0.1, 0.15) is 5.76 Å². The van der Waals surface area contributed by atoms with Gasteiger partial charge < -0.3 is 4.74 Å². The molecule has 0 N–H and O–H groups in total. The summed E-state index contributed by atoms with van der Waals surface area (Å²) in [7, 11) is 0. The van der Waals surface area contributed by atoms with Crippen molar-refractivity contribution in [2.45, 2.75) is 5.60 Å². The number of isocyanates is 2. The summed E-state index contributed by atoms with van der Waals surface area (Å²) in [6, 6.07) is 22.3. The molecule has 5 nitrogen and oxygen atoms in total. The van der Waals surface area contributed by atoms with Crippen molar-refractivity contribution in [2.24, 2.45) is 9.98 Å². The average Bonchev–Trinajstić information content (AvgIpc) is 3.04. The topological polar surface area (TPSA) is 68.1 Å². The number of benzene rings is 3. The second-order valence-corrected chi connectivity index (χ2v) is 6.25. The molecule has 1 heterocycles. The second-order valence-electron chi connectivity index (χ2n) is 6.25. The van der Waals surface area contributed by atoms with Crippen LogP contribution in [0.2, 0.25) is 0 Å². The maximum Gasteiger partial charge on any atom is 0.240 e. The molecule has 5 heteroatoms. The van der Waals surface area contributed by atoms with Crippen LogP contribution in [-0.4, -0.2) is 12.2 Å². The zero-order valence-corrected chi connectivity index (χ0v) is 14.8. The molecule has 1 aliphatic heterocycles. The first-order chi connectivity index (χ1) is 13.7. The molecule has 0 atom stereocenters. The lowest BCUT2D eigenvalue weighted by Gasteiger charge is -2.31. The largest absolute Gasteiger partial charge is 0.473 e. The fourth-order valence-electron chi connectivity index (χ4n) is 3.57. The molecule has 3 aromatic rings. The summed E-state index contributed by atoms with van der Waals surface area (Å²) in [5.41, 5.74) is 3.70. The van der Waals surface area contributed by atoms with Crippen LogP contribution in [0.4, 0.5) is 11.4 Å². The van der Waals surface area contributed by atoms with E-state index in [1.165, 1.54) is 0 Å². The summed E-state index contributed by atoms with van der Waals surface area (Å²) >= 11 is 0. The predicted molar refractivity (Wildman–Crippen MR) is 105 cm³/mol. The molecular formula is C23H14N2O3. The molecule has 0 saturated carbocycles. The summed E-state index contributed by atoms with van der Waals surface area (Å²) in [6.45, 7) is 4.07. The average molecular weight is 366 g/mol. The van der Waals surface area contributed by atoms with E-state index in [0.29, 0.717) is 17.1 Å². The molecule has 0 bridgehead atoms. The van der Waals surface area contributed by atoms with Gasteiger partial charge in [0.05, 0.1) is 11.4 Å². The monoisotopic (exact) mass is 366 g/mol. The molecule has 0 saturated heterocycles. The molecule has 0 unspecified atom stereocenters. The molecule has 0 fully saturated rings. The van der Waals surface area contributed by atoms with E-state index in [0.717, 1.165) is 22.3 Å². The van der Waals surface area contributed by atoms with Gasteiger partial charge in [-0.25, -0.2) is 9.59 Å². The first-order valence-corrected chi connectivity index (χ1v) is 8.53. The van der Waals surface area contributed by atoms with E-state index in [1.54, 1.807) is 36.4 Å². The number of nitrogens with zero attached hydrogens (tertiary/aromatic N) is 2. The third-order valence-corrected chi connectivity index (χ3v) is 4.78. The Morgan fingerprint density at radius 2 is 1.25 bits per heavy atom. The van der Waals surface area contributed by atoms with Crippen molar-refractivity contribution in [3.63, 3.8) is 0 Å². The highest BCUT2D eigenvalue weighted by molar-refractivity contribution is 5.72. The van der Waals surface area contributed by atoms with Crippen LogP contribution in [-0.2, 0) is 19.9 Å². The lowest BCUT2D eigenvalue weighted by molar-refractivity contribution is 0.139. The molecule has 28 heavy (non-hydrogen) atoms. The summed E-state index contributed by atoms with van der Waals surface area (Å²) in [5, 5.41) is 0. The summed E-state index contributed by atoms with van der Waals surface area (Å²) in [5.74, 6) is 0.570. The molecule has 0 aromatic heterocycles. The number of ether oxygens (including phenoxy) is 1. The molecule has 134 valence electrons. The maximum atomic E-state index is 10.5. The van der Waals surface area contributed by atoms with Crippen molar-refractivity contribution in [1.82, 2.24) is 0 Å². The number of hydrogen-bond donors (Lipinski definition) is 0. The Morgan fingerprint density at radius 3 is 1.75 bits per heavy atom. The number of fused-ring (bicyclic) bond motifs is 1. The normalized spacial score (nSPS) is 17.1. The lowest BCUT2D eigenvalue weighted by atomic mass is 9.80. The van der Waals surface area contributed by atoms with Gasteiger partial charge in [0.25, 0.3) is 0 Å². The van der Waals surface area contributed by atoms with E-state index < -0.39 is 5.60 Å². The predicted octanol–water partition coefficient (Wildman–Crippen LogP) is 4.91. The molecule has 0 aliphatic carbocycles. The minimum Gasteiger partial charge on any atom is -0.473 e. The standard InChI is InChI=1S/C23H14N2O3/c1-16-21-4-2-3-5-22(21)23(28-16,17-6-10-19(11-7-17)24-14-26)18-8-12-20(13-9-18)25-15-27/h2-13H,1H2. The number of aliphatic imine (C=N–C) groups is 2. The molecular weight excluding hydrogens is 352 g/mol. The SMILES string of the molecule is C=C1OC(c2ccc(N=C=O)cc2)(c2ccc(N=C=O)cc2)c2ccccc21. The Hall–Kier alpha value is -4.04. The van der Waals surface area contributed by atoms with Crippen molar-refractivity contribution in [1.29, 1.82) is 0 Å². The van der Waals surface area contributed by atoms with Crippen LogP contribution >= 0.6 is 0 Å². The Labute approximate surface area is 161 Å². The Kier molecular flexibility index (Phi) is 4.30. The smallest absolute Gasteiger partial charge is 0.240 e. The van der Waals surface area contributed by atoms with Crippen molar-refractivity contribution >= 4 is 29.3 Å². The highest BCUT2D eigenvalue weighted by Crippen LogP contribution is 2.51. The minimum absolute atomic E-state index is 0.509. The van der Waals surface area contributed by atoms with E-state index in [-0.39, 0.29) is 0 Å². The van der Waals surface area contributed by atoms with E-state index in [4.69, 9.17) is 4.74 Å². The van der Waals surface area contributed by atoms with Crippen LogP contribution < -0.4 is 0 Å². The fraction of sp³-hybridized carbons (Fsp3) is 0.0435. The lowest BCUT2D eigenvalue weighted by Crippen LogP contribution is -2.28. The van der Waals surface area contributed by atoms with Gasteiger partial charge in [-0.05, 0) is 24.3 Å². The van der Waals surface area contributed by atoms with Crippen molar-refractivity contribution in [3.8, 4) is 0 Å². The summed E-state index contributed by atoms with van der Waals surface area (Å²) < 4.78 is 6.38. The van der Waals surface area contributed by atoms with Gasteiger partial charge in [-0.15, -0.1) is 0 Å². The Bertz CT molecular complexity index is 1090. The number of carbonyl (C=O) groups excluding carboxylic acids is 2. The second kappa shape index (κ2) is 6.93. The van der Waals surface area contributed by atoms with Crippen LogP contribution in [0, 0.1) is 0 Å². The Morgan fingerprint density at radius 1 is 0.750 bits per heavy atom. The van der Waals surface area contributed by atoms with Gasteiger partial charge in [0.15, 0.2) is 5.60 Å². The summed E-state index contributed by atoms with van der Waals surface area (Å²) in [6.07, 6.45) is 3.09. The first-order valence-electron chi connectivity index (χ1n) is 8.53. The van der Waals surface area contributed by atoms with Gasteiger partial charge >= 0.3 is 0 Å². The number of hydrogen-bond acceptors (Lipinski definition) is 5.